The Morgan fingerprint density at radius 1 is 0.933 bits per heavy atom. The zero-order chi connectivity index (χ0) is 31.2. The first-order chi connectivity index (χ1) is 20.6. The molecule has 234 valence electrons. The predicted octanol–water partition coefficient (Wildman–Crippen LogP) is 1.53. The number of fused-ring (bicyclic) bond motifs is 1. The zero-order valence-electron chi connectivity index (χ0n) is 26.3. The van der Waals surface area contributed by atoms with Crippen LogP contribution >= 0.6 is 12.0 Å². The van der Waals surface area contributed by atoms with E-state index in [1.807, 2.05) is 12.1 Å². The number of aryl methyl sites for hydroxylation is 1. The van der Waals surface area contributed by atoms with Gasteiger partial charge < -0.3 is 20.2 Å². The minimum absolute atomic E-state index is 0. The molecule has 1 amide bonds. The summed E-state index contributed by atoms with van der Waals surface area (Å²) in [6.07, 6.45) is 13.7. The largest absolute Gasteiger partial charge is 1.00 e. The molecule has 3 aromatic carbocycles. The van der Waals surface area contributed by atoms with Crippen LogP contribution in [0.15, 0.2) is 62.5 Å². The Hall–Kier alpha value is -1.07. The van der Waals surface area contributed by atoms with Crippen molar-refractivity contribution in [1.82, 2.24) is 0 Å². The third-order valence-electron chi connectivity index (χ3n) is 6.90. The number of benzene rings is 3. The van der Waals surface area contributed by atoms with Crippen molar-refractivity contribution in [3.8, 4) is 5.75 Å². The Morgan fingerprint density at radius 2 is 1.53 bits per heavy atom. The van der Waals surface area contributed by atoms with E-state index < -0.39 is 26.7 Å². The number of aromatic hydroxyl groups is 1. The number of phenolic OH excluding ortho intramolecular Hbond substituents is 1. The van der Waals surface area contributed by atoms with Gasteiger partial charge in [0.2, 0.25) is 5.91 Å². The fourth-order valence-corrected chi connectivity index (χ4v) is 5.78. The number of nitrogens with one attached hydrogen (secondary N) is 1. The summed E-state index contributed by atoms with van der Waals surface area (Å²) in [5.74, 6) is -1.06. The second-order valence-corrected chi connectivity index (χ2v) is 12.4. The summed E-state index contributed by atoms with van der Waals surface area (Å²) < 4.78 is 39.5. The summed E-state index contributed by atoms with van der Waals surface area (Å²) in [5.41, 5.74) is 1.42. The van der Waals surface area contributed by atoms with Gasteiger partial charge in [-0.1, -0.05) is 76.8 Å². The molecule has 3 rings (SSSR count). The molecule has 0 aliphatic heterocycles. The van der Waals surface area contributed by atoms with Crippen LogP contribution in [0.25, 0.3) is 10.8 Å². The Balaban J connectivity index is 0.00000506. The maximum Gasteiger partial charge on any atom is 1.00 e. The van der Waals surface area contributed by atoms with Crippen LogP contribution in [-0.4, -0.2) is 24.0 Å². The second-order valence-electron chi connectivity index (χ2n) is 10.3. The predicted molar refractivity (Wildman–Crippen MR) is 162 cm³/mol. The summed E-state index contributed by atoms with van der Waals surface area (Å²) in [4.78, 5) is 11.2. The molecule has 0 saturated carbocycles. The molecule has 0 heterocycles. The normalized spacial score (nSPS) is 11.4. The van der Waals surface area contributed by atoms with Gasteiger partial charge in [0, 0.05) is 12.3 Å². The Bertz CT molecular complexity index is 1510. The van der Waals surface area contributed by atoms with Crippen LogP contribution in [0, 0.1) is 0 Å². The van der Waals surface area contributed by atoms with Crippen LogP contribution in [0.5, 0.6) is 5.75 Å². The summed E-state index contributed by atoms with van der Waals surface area (Å²) in [6.45, 7) is 3.42. The molecule has 0 unspecified atom stereocenters. The molecular weight excluding hydrogens is 640 g/mol. The van der Waals surface area contributed by atoms with Crippen LogP contribution in [0.1, 0.15) is 83.6 Å². The standard InChI is InChI=1S/C30H39N3O8S2.2Na/c1-3-4-5-6-7-8-9-10-11-12-13-22-14-16-24(17-15-22)32-33-29-27(42-41-40-36)19-23-18-25(43(37,38)39)20-26(31-21(2)34)28(23)30(29)35;;/h14-20,35-36H,3-13H2,1-2H3,(H,31,34)(H,37,38,39);;/q;2*+1/p-2. The van der Waals surface area contributed by atoms with Gasteiger partial charge in [0.05, 0.1) is 33.2 Å². The minimum Gasteiger partial charge on any atom is -0.744 e. The van der Waals surface area contributed by atoms with Crippen molar-refractivity contribution < 1.29 is 96.6 Å². The molecule has 0 saturated heterocycles. The number of hydrogen-bond donors (Lipinski definition) is 2. The van der Waals surface area contributed by atoms with Gasteiger partial charge in [-0.25, -0.2) is 8.42 Å². The van der Waals surface area contributed by atoms with Crippen molar-refractivity contribution in [2.45, 2.75) is 94.3 Å². The smallest absolute Gasteiger partial charge is 0.744 e. The number of anilines is 1. The van der Waals surface area contributed by atoms with E-state index in [-0.39, 0.29) is 86.2 Å². The first-order valence-corrected chi connectivity index (χ1v) is 16.5. The zero-order valence-corrected chi connectivity index (χ0v) is 32.0. The summed E-state index contributed by atoms with van der Waals surface area (Å²) in [6, 6.07) is 10.8. The van der Waals surface area contributed by atoms with E-state index >= 15 is 0 Å². The molecule has 45 heavy (non-hydrogen) atoms. The molecule has 2 N–H and O–H groups in total. The van der Waals surface area contributed by atoms with Gasteiger partial charge in [-0.2, -0.15) is 9.45 Å². The van der Waals surface area contributed by atoms with Crippen LogP contribution in [0.4, 0.5) is 17.1 Å². The molecule has 11 nitrogen and oxygen atoms in total. The molecule has 3 aromatic rings. The first-order valence-electron chi connectivity index (χ1n) is 14.3. The summed E-state index contributed by atoms with van der Waals surface area (Å²) in [5, 5.41) is 35.9. The van der Waals surface area contributed by atoms with Crippen LogP contribution in [0.2, 0.25) is 0 Å². The number of carbonyl (C=O) groups excluding carboxylic acids is 1. The molecule has 0 atom stereocenters. The van der Waals surface area contributed by atoms with Crippen molar-refractivity contribution >= 4 is 55.9 Å². The molecular formula is C30H37N3Na2O8S2. The van der Waals surface area contributed by atoms with Crippen molar-refractivity contribution in [1.29, 1.82) is 0 Å². The topological polar surface area (TPSA) is 173 Å². The van der Waals surface area contributed by atoms with E-state index in [2.05, 4.69) is 31.8 Å². The average molecular weight is 678 g/mol. The molecule has 0 aliphatic rings. The minimum atomic E-state index is -4.91. The average Bonchev–Trinajstić information content (AvgIpc) is 2.96. The van der Waals surface area contributed by atoms with Crippen molar-refractivity contribution in [2.24, 2.45) is 10.2 Å². The van der Waals surface area contributed by atoms with Gasteiger partial charge in [0.15, 0.2) is 5.75 Å². The van der Waals surface area contributed by atoms with Gasteiger partial charge in [-0.05, 0) is 54.1 Å². The quantitative estimate of drug-likeness (QED) is 0.0385. The SMILES string of the molecule is CCCCCCCCCCCCc1ccc(N=Nc2c(SOO[O-])cc3cc(S(=O)(=O)[O-])cc(NC(C)=O)c3c2O)cc1.[Na+].[Na+]. The fraction of sp³-hybridized carbons (Fsp3) is 0.433. The first kappa shape index (κ1) is 42.0. The number of rotatable bonds is 18. The van der Waals surface area contributed by atoms with Crippen LogP contribution in [-0.2, 0) is 30.7 Å². The van der Waals surface area contributed by atoms with Crippen LogP contribution in [0.3, 0.4) is 0 Å². The Morgan fingerprint density at radius 3 is 2.09 bits per heavy atom. The summed E-state index contributed by atoms with van der Waals surface area (Å²) in [7, 11) is -4.91. The number of amides is 1. The van der Waals surface area contributed by atoms with E-state index in [1.54, 1.807) is 12.1 Å². The third kappa shape index (κ3) is 13.9. The van der Waals surface area contributed by atoms with Crippen LogP contribution < -0.4 is 69.7 Å². The van der Waals surface area contributed by atoms with E-state index in [0.717, 1.165) is 25.0 Å². The second kappa shape index (κ2) is 21.7. The van der Waals surface area contributed by atoms with E-state index in [0.29, 0.717) is 17.7 Å². The monoisotopic (exact) mass is 677 g/mol. The maximum absolute atomic E-state index is 11.8. The van der Waals surface area contributed by atoms with Gasteiger partial charge in [-0.15, -0.1) is 5.11 Å². The van der Waals surface area contributed by atoms with Crippen molar-refractivity contribution in [3.63, 3.8) is 0 Å². The molecule has 0 radical (unpaired) electrons. The molecule has 0 aliphatic carbocycles. The number of nitrogens with zero attached hydrogens (tertiary/aromatic N) is 2. The van der Waals surface area contributed by atoms with Gasteiger partial charge in [0.25, 0.3) is 0 Å². The van der Waals surface area contributed by atoms with Crippen molar-refractivity contribution in [2.75, 3.05) is 5.32 Å². The van der Waals surface area contributed by atoms with Gasteiger partial charge in [-0.3, -0.25) is 9.83 Å². The molecule has 0 fully saturated rings. The molecule has 0 aromatic heterocycles. The Labute approximate surface area is 313 Å². The number of unbranched alkanes of at least 4 members (excludes halogenated alkanes) is 9. The fourth-order valence-electron chi connectivity index (χ4n) is 4.76. The molecule has 0 bridgehead atoms. The van der Waals surface area contributed by atoms with Crippen molar-refractivity contribution in [3.05, 3.63) is 48.0 Å². The van der Waals surface area contributed by atoms with Gasteiger partial charge >= 0.3 is 59.1 Å². The van der Waals surface area contributed by atoms with Gasteiger partial charge in [0.1, 0.15) is 15.8 Å². The number of phenols is 1. The van der Waals surface area contributed by atoms with E-state index in [9.17, 15) is 28.1 Å². The Kier molecular flexibility index (Phi) is 20.3. The third-order valence-corrected chi connectivity index (χ3v) is 8.32. The number of carbonyl (C=O) groups is 1. The molecule has 0 spiro atoms. The maximum atomic E-state index is 11.8. The summed E-state index contributed by atoms with van der Waals surface area (Å²) >= 11 is 0.403. The molecule has 15 heteroatoms. The number of hydrogen-bond acceptors (Lipinski definition) is 11. The number of azo groups is 1. The van der Waals surface area contributed by atoms with E-state index in [1.165, 1.54) is 76.3 Å². The van der Waals surface area contributed by atoms with E-state index in [4.69, 9.17) is 0 Å².